The lowest BCUT2D eigenvalue weighted by molar-refractivity contribution is -1.16. The van der Waals surface area contributed by atoms with Crippen molar-refractivity contribution in [3.05, 3.63) is 0 Å². The molecule has 1 aliphatic rings. The van der Waals surface area contributed by atoms with E-state index in [0.717, 1.165) is 19.6 Å². The van der Waals surface area contributed by atoms with Gasteiger partial charge >= 0.3 is 0 Å². The SMILES string of the molecule is CC(C)(CN)CNCC(C)(C)CNC1(C#N)CC(C)(C)[NH+](O)C(C)(C)C1. The monoisotopic (exact) mass is 368 g/mol. The van der Waals surface area contributed by atoms with E-state index < -0.39 is 5.54 Å². The Morgan fingerprint density at radius 2 is 1.46 bits per heavy atom. The number of nitrogens with zero attached hydrogens (tertiary/aromatic N) is 1. The fourth-order valence-corrected chi connectivity index (χ4v) is 4.18. The Morgan fingerprint density at radius 1 is 1.00 bits per heavy atom. The first kappa shape index (κ1) is 23.3. The lowest BCUT2D eigenvalue weighted by Crippen LogP contribution is -3.25. The zero-order valence-corrected chi connectivity index (χ0v) is 18.2. The predicted octanol–water partition coefficient (Wildman–Crippen LogP) is 1.06. The van der Waals surface area contributed by atoms with E-state index in [1.807, 2.05) is 27.7 Å². The molecule has 0 saturated carbocycles. The number of rotatable bonds is 8. The Kier molecular flexibility index (Phi) is 6.93. The van der Waals surface area contributed by atoms with E-state index >= 15 is 0 Å². The zero-order valence-electron chi connectivity index (χ0n) is 18.2. The van der Waals surface area contributed by atoms with Gasteiger partial charge < -0.3 is 11.1 Å². The van der Waals surface area contributed by atoms with E-state index in [2.05, 4.69) is 44.4 Å². The highest BCUT2D eigenvalue weighted by Gasteiger charge is 2.56. The fraction of sp³-hybridized carbons (Fsp3) is 0.950. The Labute approximate surface area is 160 Å². The highest BCUT2D eigenvalue weighted by atomic mass is 16.5. The van der Waals surface area contributed by atoms with E-state index in [4.69, 9.17) is 5.73 Å². The number of hydroxylamine groups is 2. The largest absolute Gasteiger partial charge is 0.330 e. The number of piperidine rings is 1. The molecule has 6 nitrogen and oxygen atoms in total. The first-order valence-electron chi connectivity index (χ1n) is 9.74. The van der Waals surface area contributed by atoms with Crippen LogP contribution in [0.5, 0.6) is 0 Å². The summed E-state index contributed by atoms with van der Waals surface area (Å²) in [7, 11) is 0. The average molecular weight is 369 g/mol. The van der Waals surface area contributed by atoms with Crippen LogP contribution in [0.2, 0.25) is 0 Å². The van der Waals surface area contributed by atoms with Gasteiger partial charge in [0.15, 0.2) is 0 Å². The number of nitrogens with two attached hydrogens (primary N) is 1. The maximum Gasteiger partial charge on any atom is 0.125 e. The summed E-state index contributed by atoms with van der Waals surface area (Å²) in [4.78, 5) is 0. The minimum absolute atomic E-state index is 0.00597. The third-order valence-electron chi connectivity index (χ3n) is 5.65. The third kappa shape index (κ3) is 5.90. The van der Waals surface area contributed by atoms with Gasteiger partial charge in [0, 0.05) is 32.5 Å². The molecule has 1 fully saturated rings. The van der Waals surface area contributed by atoms with Crippen molar-refractivity contribution in [1.82, 2.24) is 10.6 Å². The van der Waals surface area contributed by atoms with Crippen LogP contribution in [0.3, 0.4) is 0 Å². The Balaban J connectivity index is 2.74. The molecule has 1 rings (SSSR count). The minimum atomic E-state index is -0.618. The molecule has 0 bridgehead atoms. The van der Waals surface area contributed by atoms with Crippen LogP contribution in [-0.4, -0.2) is 48.0 Å². The highest BCUT2D eigenvalue weighted by molar-refractivity contribution is 5.14. The Hall–Kier alpha value is -0.710. The first-order chi connectivity index (χ1) is 11.6. The number of hydrogen-bond donors (Lipinski definition) is 5. The second-order valence-electron chi connectivity index (χ2n) is 11.2. The van der Waals surface area contributed by atoms with Gasteiger partial charge in [0.25, 0.3) is 0 Å². The van der Waals surface area contributed by atoms with E-state index in [1.165, 1.54) is 0 Å². The Bertz CT molecular complexity index is 501. The molecular weight excluding hydrogens is 326 g/mol. The van der Waals surface area contributed by atoms with Crippen molar-refractivity contribution in [2.45, 2.75) is 84.8 Å². The second-order valence-corrected chi connectivity index (χ2v) is 11.2. The molecule has 0 unspecified atom stereocenters. The number of nitriles is 1. The summed E-state index contributed by atoms with van der Waals surface area (Å²) in [5.41, 5.74) is 4.52. The molecule has 1 saturated heterocycles. The maximum absolute atomic E-state index is 10.6. The van der Waals surface area contributed by atoms with E-state index in [0.29, 0.717) is 24.4 Å². The summed E-state index contributed by atoms with van der Waals surface area (Å²) in [6.45, 7) is 20.0. The standard InChI is InChI=1S/C20H41N5O/c1-16(2,11-21)13-23-14-17(3,4)15-24-20(12-22)9-18(5,6)25(26)19(7,8)10-20/h23-24,26H,9-11,13-15,21H2,1-8H3/p+1. The van der Waals surface area contributed by atoms with Crippen LogP contribution in [-0.2, 0) is 0 Å². The lowest BCUT2D eigenvalue weighted by atomic mass is 9.70. The fourth-order valence-electron chi connectivity index (χ4n) is 4.18. The Morgan fingerprint density at radius 3 is 1.88 bits per heavy atom. The van der Waals surface area contributed by atoms with Gasteiger partial charge in [0.05, 0.1) is 6.07 Å². The van der Waals surface area contributed by atoms with Gasteiger partial charge in [-0.15, -0.1) is 0 Å². The van der Waals surface area contributed by atoms with Crippen molar-refractivity contribution in [2.75, 3.05) is 26.2 Å². The highest BCUT2D eigenvalue weighted by Crippen LogP contribution is 2.32. The molecule has 0 radical (unpaired) electrons. The maximum atomic E-state index is 10.6. The smallest absolute Gasteiger partial charge is 0.125 e. The topological polar surface area (TPSA) is 98.5 Å². The third-order valence-corrected chi connectivity index (χ3v) is 5.65. The van der Waals surface area contributed by atoms with E-state index in [1.54, 1.807) is 0 Å². The van der Waals surface area contributed by atoms with Crippen molar-refractivity contribution in [3.8, 4) is 6.07 Å². The molecule has 26 heavy (non-hydrogen) atoms. The summed E-state index contributed by atoms with van der Waals surface area (Å²) in [5, 5.41) is 28.2. The molecule has 1 heterocycles. The summed E-state index contributed by atoms with van der Waals surface area (Å²) in [6.07, 6.45) is 1.24. The molecule has 1 aliphatic heterocycles. The molecule has 152 valence electrons. The summed E-state index contributed by atoms with van der Waals surface area (Å²) < 4.78 is 0. The molecule has 0 spiro atoms. The normalized spacial score (nSPS) is 28.6. The van der Waals surface area contributed by atoms with Crippen molar-refractivity contribution in [2.24, 2.45) is 16.6 Å². The summed E-state index contributed by atoms with van der Waals surface area (Å²) in [5.74, 6) is 0. The molecular formula is C20H42N5O+. The molecule has 6 N–H and O–H groups in total. The van der Waals surface area contributed by atoms with Gasteiger partial charge in [-0.2, -0.15) is 10.3 Å². The van der Waals surface area contributed by atoms with Crippen LogP contribution in [0.1, 0.15) is 68.2 Å². The van der Waals surface area contributed by atoms with Crippen molar-refractivity contribution < 1.29 is 10.3 Å². The number of quaternary nitrogens is 1. The van der Waals surface area contributed by atoms with Crippen LogP contribution < -0.4 is 21.4 Å². The molecule has 0 aliphatic carbocycles. The summed E-state index contributed by atoms with van der Waals surface area (Å²) in [6, 6.07) is 2.54. The van der Waals surface area contributed by atoms with Crippen LogP contribution in [0.15, 0.2) is 0 Å². The van der Waals surface area contributed by atoms with Crippen molar-refractivity contribution in [3.63, 3.8) is 0 Å². The van der Waals surface area contributed by atoms with Gasteiger partial charge in [-0.25, -0.2) is 5.21 Å². The van der Waals surface area contributed by atoms with Crippen LogP contribution in [0.25, 0.3) is 0 Å². The van der Waals surface area contributed by atoms with Gasteiger partial charge in [-0.1, -0.05) is 27.7 Å². The quantitative estimate of drug-likeness (QED) is 0.441. The van der Waals surface area contributed by atoms with Crippen LogP contribution in [0.4, 0.5) is 0 Å². The number of hydrogen-bond acceptors (Lipinski definition) is 5. The lowest BCUT2D eigenvalue weighted by Gasteiger charge is -2.51. The van der Waals surface area contributed by atoms with Gasteiger partial charge in [0.1, 0.15) is 16.6 Å². The van der Waals surface area contributed by atoms with Gasteiger partial charge in [-0.05, 0) is 45.1 Å². The molecule has 0 atom stereocenters. The van der Waals surface area contributed by atoms with E-state index in [9.17, 15) is 10.5 Å². The molecule has 0 aromatic carbocycles. The van der Waals surface area contributed by atoms with Crippen LogP contribution in [0, 0.1) is 22.2 Å². The predicted molar refractivity (Wildman–Crippen MR) is 106 cm³/mol. The van der Waals surface area contributed by atoms with Crippen molar-refractivity contribution >= 4 is 0 Å². The second kappa shape index (κ2) is 7.73. The minimum Gasteiger partial charge on any atom is -0.330 e. The van der Waals surface area contributed by atoms with Crippen LogP contribution >= 0.6 is 0 Å². The average Bonchev–Trinajstić information content (AvgIpc) is 2.50. The zero-order chi connectivity index (χ0) is 20.4. The summed E-state index contributed by atoms with van der Waals surface area (Å²) >= 11 is 0. The van der Waals surface area contributed by atoms with Crippen molar-refractivity contribution in [1.29, 1.82) is 5.26 Å². The molecule has 0 aromatic heterocycles. The molecule has 6 heteroatoms. The van der Waals surface area contributed by atoms with Gasteiger partial charge in [0.2, 0.25) is 0 Å². The molecule has 0 amide bonds. The van der Waals surface area contributed by atoms with E-state index in [-0.39, 0.29) is 21.9 Å². The number of nitrogens with one attached hydrogen (secondary N) is 3. The molecule has 0 aromatic rings. The van der Waals surface area contributed by atoms with Gasteiger partial charge in [-0.3, -0.25) is 5.32 Å². The first-order valence-corrected chi connectivity index (χ1v) is 9.74.